The Labute approximate surface area is 132 Å². The van der Waals surface area contributed by atoms with Crippen molar-refractivity contribution in [3.63, 3.8) is 0 Å². The summed E-state index contributed by atoms with van der Waals surface area (Å²) >= 11 is 1.63. The van der Waals surface area contributed by atoms with Gasteiger partial charge < -0.3 is 0 Å². The molecule has 5 nitrogen and oxygen atoms in total. The van der Waals surface area contributed by atoms with E-state index in [4.69, 9.17) is 0 Å². The maximum atomic E-state index is 12.3. The van der Waals surface area contributed by atoms with E-state index in [0.717, 1.165) is 26.4 Å². The third kappa shape index (κ3) is 2.82. The molecule has 0 aliphatic rings. The van der Waals surface area contributed by atoms with Crippen molar-refractivity contribution in [1.82, 2.24) is 20.2 Å². The summed E-state index contributed by atoms with van der Waals surface area (Å²) in [6.45, 7) is 6.06. The highest BCUT2D eigenvalue weighted by Crippen LogP contribution is 2.22. The molecule has 0 bridgehead atoms. The van der Waals surface area contributed by atoms with Crippen LogP contribution in [0.25, 0.3) is 11.4 Å². The van der Waals surface area contributed by atoms with Gasteiger partial charge in [0.2, 0.25) is 5.82 Å². The molecule has 0 N–H and O–H groups in total. The first-order valence-corrected chi connectivity index (χ1v) is 7.80. The molecule has 2 heterocycles. The van der Waals surface area contributed by atoms with Gasteiger partial charge in [-0.1, -0.05) is 24.3 Å². The average Bonchev–Trinajstić information content (AvgIpc) is 3.06. The van der Waals surface area contributed by atoms with E-state index in [0.29, 0.717) is 5.82 Å². The summed E-state index contributed by atoms with van der Waals surface area (Å²) in [6, 6.07) is 9.77. The van der Waals surface area contributed by atoms with Gasteiger partial charge in [0, 0.05) is 20.9 Å². The van der Waals surface area contributed by atoms with E-state index in [1.165, 1.54) is 4.80 Å². The Kier molecular flexibility index (Phi) is 3.85. The SMILES string of the molecule is Cc1cc(C(=O)Cn2nnc(-c3ccccc3C)n2)c(C)s1. The van der Waals surface area contributed by atoms with Crippen LogP contribution in [-0.4, -0.2) is 26.0 Å². The maximum Gasteiger partial charge on any atom is 0.205 e. The van der Waals surface area contributed by atoms with Gasteiger partial charge in [-0.2, -0.15) is 4.80 Å². The molecule has 0 radical (unpaired) electrons. The number of thiophene rings is 1. The first kappa shape index (κ1) is 14.6. The number of Topliss-reactive ketones (excluding diaryl/α,β-unsaturated/α-hetero) is 1. The van der Waals surface area contributed by atoms with Crippen LogP contribution in [0.1, 0.15) is 25.7 Å². The number of rotatable bonds is 4. The molecule has 3 rings (SSSR count). The number of hydrogen-bond donors (Lipinski definition) is 0. The van der Waals surface area contributed by atoms with Gasteiger partial charge in [-0.15, -0.1) is 21.5 Å². The number of aryl methyl sites for hydroxylation is 3. The molecule has 6 heteroatoms. The Morgan fingerprint density at radius 2 is 2.00 bits per heavy atom. The van der Waals surface area contributed by atoms with Gasteiger partial charge in [0.05, 0.1) is 0 Å². The predicted molar refractivity (Wildman–Crippen MR) is 86.1 cm³/mol. The summed E-state index contributed by atoms with van der Waals surface area (Å²) in [4.78, 5) is 15.9. The first-order valence-electron chi connectivity index (χ1n) is 6.98. The van der Waals surface area contributed by atoms with E-state index >= 15 is 0 Å². The Bertz CT molecular complexity index is 834. The minimum Gasteiger partial charge on any atom is -0.292 e. The molecule has 0 fully saturated rings. The minimum absolute atomic E-state index is 0.00980. The number of hydrogen-bond acceptors (Lipinski definition) is 5. The summed E-state index contributed by atoms with van der Waals surface area (Å²) in [5, 5.41) is 12.4. The van der Waals surface area contributed by atoms with E-state index in [1.807, 2.05) is 51.1 Å². The predicted octanol–water partition coefficient (Wildman–Crippen LogP) is 3.21. The number of nitrogens with zero attached hydrogens (tertiary/aromatic N) is 4. The molecule has 0 atom stereocenters. The number of aromatic nitrogens is 4. The first-order chi connectivity index (χ1) is 10.5. The highest BCUT2D eigenvalue weighted by molar-refractivity contribution is 7.12. The van der Waals surface area contributed by atoms with Crippen molar-refractivity contribution >= 4 is 17.1 Å². The second-order valence-electron chi connectivity index (χ2n) is 5.21. The lowest BCUT2D eigenvalue weighted by Gasteiger charge is -1.99. The third-order valence-electron chi connectivity index (χ3n) is 3.47. The standard InChI is InChI=1S/C16H16N4OS/c1-10-6-4-5-7-13(10)16-17-19-20(18-16)9-15(21)14-8-11(2)22-12(14)3/h4-8H,9H2,1-3H3. The van der Waals surface area contributed by atoms with Gasteiger partial charge in [-0.25, -0.2) is 0 Å². The topological polar surface area (TPSA) is 60.7 Å². The van der Waals surface area contributed by atoms with Crippen molar-refractivity contribution in [3.05, 3.63) is 51.2 Å². The zero-order valence-corrected chi connectivity index (χ0v) is 13.5. The number of carbonyl (C=O) groups is 1. The summed E-state index contributed by atoms with van der Waals surface area (Å²) < 4.78 is 0. The summed E-state index contributed by atoms with van der Waals surface area (Å²) in [5.74, 6) is 0.555. The fourth-order valence-electron chi connectivity index (χ4n) is 2.36. The molecule has 0 spiro atoms. The summed E-state index contributed by atoms with van der Waals surface area (Å²) in [6.07, 6.45) is 0. The molecule has 22 heavy (non-hydrogen) atoms. The lowest BCUT2D eigenvalue weighted by Crippen LogP contribution is -2.13. The largest absolute Gasteiger partial charge is 0.292 e. The maximum absolute atomic E-state index is 12.3. The van der Waals surface area contributed by atoms with Crippen LogP contribution in [0, 0.1) is 20.8 Å². The fraction of sp³-hybridized carbons (Fsp3) is 0.250. The molecular weight excluding hydrogens is 296 g/mol. The number of ketones is 1. The smallest absolute Gasteiger partial charge is 0.205 e. The van der Waals surface area contributed by atoms with Gasteiger partial charge in [0.1, 0.15) is 6.54 Å². The molecule has 2 aromatic heterocycles. The number of carbonyl (C=O) groups excluding carboxylic acids is 1. The van der Waals surface area contributed by atoms with E-state index in [1.54, 1.807) is 11.3 Å². The van der Waals surface area contributed by atoms with Gasteiger partial charge in [0.25, 0.3) is 0 Å². The Morgan fingerprint density at radius 1 is 1.23 bits per heavy atom. The highest BCUT2D eigenvalue weighted by Gasteiger charge is 2.15. The lowest BCUT2D eigenvalue weighted by atomic mass is 10.1. The number of tetrazole rings is 1. The van der Waals surface area contributed by atoms with Crippen LogP contribution in [0.2, 0.25) is 0 Å². The Hall–Kier alpha value is -2.34. The monoisotopic (exact) mass is 312 g/mol. The molecule has 1 aromatic carbocycles. The molecular formula is C16H16N4OS. The zero-order chi connectivity index (χ0) is 15.7. The quantitative estimate of drug-likeness (QED) is 0.694. The van der Waals surface area contributed by atoms with Gasteiger partial charge in [-0.05, 0) is 37.6 Å². The van der Waals surface area contributed by atoms with Gasteiger partial charge in [0.15, 0.2) is 5.78 Å². The van der Waals surface area contributed by atoms with E-state index in [9.17, 15) is 4.79 Å². The molecule has 0 aliphatic carbocycles. The van der Waals surface area contributed by atoms with Crippen LogP contribution in [0.5, 0.6) is 0 Å². The van der Waals surface area contributed by atoms with Crippen LogP contribution >= 0.6 is 11.3 Å². The van der Waals surface area contributed by atoms with E-state index in [-0.39, 0.29) is 12.3 Å². The molecule has 0 saturated carbocycles. The molecule has 112 valence electrons. The van der Waals surface area contributed by atoms with Crippen molar-refractivity contribution in [3.8, 4) is 11.4 Å². The van der Waals surface area contributed by atoms with Gasteiger partial charge in [-0.3, -0.25) is 4.79 Å². The normalized spacial score (nSPS) is 10.9. The van der Waals surface area contributed by atoms with Crippen LogP contribution < -0.4 is 0 Å². The molecule has 0 unspecified atom stereocenters. The third-order valence-corrected chi connectivity index (χ3v) is 4.43. The van der Waals surface area contributed by atoms with Crippen LogP contribution in [0.3, 0.4) is 0 Å². The van der Waals surface area contributed by atoms with Crippen molar-refractivity contribution in [2.24, 2.45) is 0 Å². The van der Waals surface area contributed by atoms with E-state index in [2.05, 4.69) is 15.4 Å². The Balaban J connectivity index is 1.82. The zero-order valence-electron chi connectivity index (χ0n) is 12.7. The van der Waals surface area contributed by atoms with Gasteiger partial charge >= 0.3 is 0 Å². The second-order valence-corrected chi connectivity index (χ2v) is 6.67. The number of benzene rings is 1. The van der Waals surface area contributed by atoms with Crippen molar-refractivity contribution in [2.75, 3.05) is 0 Å². The lowest BCUT2D eigenvalue weighted by molar-refractivity contribution is 0.0961. The highest BCUT2D eigenvalue weighted by atomic mass is 32.1. The fourth-order valence-corrected chi connectivity index (χ4v) is 3.31. The molecule has 3 aromatic rings. The average molecular weight is 312 g/mol. The Morgan fingerprint density at radius 3 is 2.68 bits per heavy atom. The molecule has 0 amide bonds. The van der Waals surface area contributed by atoms with E-state index < -0.39 is 0 Å². The molecule has 0 aliphatic heterocycles. The molecule has 0 saturated heterocycles. The van der Waals surface area contributed by atoms with Crippen LogP contribution in [0.4, 0.5) is 0 Å². The van der Waals surface area contributed by atoms with Crippen molar-refractivity contribution < 1.29 is 4.79 Å². The minimum atomic E-state index is 0.00980. The second kappa shape index (κ2) is 5.81. The summed E-state index contributed by atoms with van der Waals surface area (Å²) in [7, 11) is 0. The van der Waals surface area contributed by atoms with Crippen LogP contribution in [-0.2, 0) is 6.54 Å². The van der Waals surface area contributed by atoms with Crippen molar-refractivity contribution in [2.45, 2.75) is 27.3 Å². The van der Waals surface area contributed by atoms with Crippen molar-refractivity contribution in [1.29, 1.82) is 0 Å². The summed E-state index contributed by atoms with van der Waals surface area (Å²) in [5.41, 5.74) is 2.76. The van der Waals surface area contributed by atoms with Crippen LogP contribution in [0.15, 0.2) is 30.3 Å².